The largest absolute Gasteiger partial charge is 0.343 e. The van der Waals surface area contributed by atoms with Crippen molar-refractivity contribution in [2.75, 3.05) is 0 Å². The fourth-order valence-electron chi connectivity index (χ4n) is 0.371. The predicted molar refractivity (Wildman–Crippen MR) is 36.5 cm³/mol. The third kappa shape index (κ3) is 0.908. The second-order valence-corrected chi connectivity index (χ2v) is 2.37. The Labute approximate surface area is 59.0 Å². The molecule has 8 heavy (non-hydrogen) atoms. The minimum Gasteiger partial charge on any atom is -0.284 e. The first-order valence-corrected chi connectivity index (χ1v) is 3.07. The van der Waals surface area contributed by atoms with Crippen molar-refractivity contribution in [3.05, 3.63) is 14.3 Å². The zero-order valence-corrected chi connectivity index (χ0v) is 6.34. The van der Waals surface area contributed by atoms with Gasteiger partial charge < -0.3 is 0 Å². The van der Waals surface area contributed by atoms with Crippen LogP contribution in [-0.4, -0.2) is 14.8 Å². The maximum Gasteiger partial charge on any atom is 0.343 e. The lowest BCUT2D eigenvalue weighted by Gasteiger charge is -1.75. The number of hydrogen-bond acceptors (Lipinski definition) is 2. The van der Waals surface area contributed by atoms with Gasteiger partial charge in [0.1, 0.15) is 0 Å². The minimum atomic E-state index is -0.172. The van der Waals surface area contributed by atoms with Gasteiger partial charge in [-0.25, -0.2) is 9.48 Å². The monoisotopic (exact) mass is 225 g/mol. The molecule has 0 radical (unpaired) electrons. The van der Waals surface area contributed by atoms with Crippen molar-refractivity contribution in [1.82, 2.24) is 14.8 Å². The Morgan fingerprint density at radius 2 is 2.50 bits per heavy atom. The molecule has 0 saturated carbocycles. The fourth-order valence-corrected chi connectivity index (χ4v) is 0.926. The van der Waals surface area contributed by atoms with Crippen molar-refractivity contribution in [2.24, 2.45) is 7.05 Å². The van der Waals surface area contributed by atoms with Crippen LogP contribution < -0.4 is 5.69 Å². The van der Waals surface area contributed by atoms with Crippen molar-refractivity contribution in [2.45, 2.75) is 0 Å². The van der Waals surface area contributed by atoms with Gasteiger partial charge in [-0.15, -0.1) is 5.10 Å². The maximum atomic E-state index is 10.5. The number of rotatable bonds is 0. The van der Waals surface area contributed by atoms with Gasteiger partial charge in [0, 0.05) is 29.6 Å². The molecule has 0 unspecified atom stereocenters. The smallest absolute Gasteiger partial charge is 0.284 e. The maximum absolute atomic E-state index is 10.5. The number of nitrogens with one attached hydrogen (secondary N) is 1. The zero-order valence-electron chi connectivity index (χ0n) is 4.18. The highest BCUT2D eigenvalue weighted by Crippen LogP contribution is 1.86. The Hall–Kier alpha value is -0.330. The van der Waals surface area contributed by atoms with Crippen LogP contribution in [0.25, 0.3) is 0 Å². The highest BCUT2D eigenvalue weighted by Gasteiger charge is 1.92. The summed E-state index contributed by atoms with van der Waals surface area (Å²) in [4.78, 5) is 13.0. The van der Waals surface area contributed by atoms with E-state index in [2.05, 4.69) is 10.1 Å². The number of H-pyrrole nitrogens is 1. The van der Waals surface area contributed by atoms with Crippen molar-refractivity contribution in [1.29, 1.82) is 0 Å². The summed E-state index contributed by atoms with van der Waals surface area (Å²) in [6.45, 7) is 0. The number of aromatic nitrogens is 3. The first-order valence-electron chi connectivity index (χ1n) is 1.99. The van der Waals surface area contributed by atoms with E-state index in [1.54, 1.807) is 7.05 Å². The molecule has 0 spiro atoms. The summed E-state index contributed by atoms with van der Waals surface area (Å²) in [6.07, 6.45) is 0. The average molecular weight is 225 g/mol. The zero-order chi connectivity index (χ0) is 6.15. The summed E-state index contributed by atoms with van der Waals surface area (Å²) in [6, 6.07) is 0. The molecule has 44 valence electrons. The van der Waals surface area contributed by atoms with Gasteiger partial charge in [-0.1, -0.05) is 0 Å². The Kier molecular flexibility index (Phi) is 1.37. The molecule has 0 aliphatic rings. The standard InChI is InChI=1S/C3H4IN3O/c1-7-3(8)5-2(4)6-7/h1H3,(H,5,6,8). The predicted octanol–water partition coefficient (Wildman–Crippen LogP) is -0.287. The summed E-state index contributed by atoms with van der Waals surface area (Å²) < 4.78 is 1.87. The lowest BCUT2D eigenvalue weighted by molar-refractivity contribution is 0.729. The van der Waals surface area contributed by atoms with Gasteiger partial charge >= 0.3 is 5.69 Å². The van der Waals surface area contributed by atoms with Crippen LogP contribution in [0.15, 0.2) is 4.79 Å². The van der Waals surface area contributed by atoms with Crippen LogP contribution in [0.1, 0.15) is 0 Å². The van der Waals surface area contributed by atoms with Gasteiger partial charge in [-0.3, -0.25) is 4.98 Å². The van der Waals surface area contributed by atoms with E-state index in [0.717, 1.165) is 0 Å². The van der Waals surface area contributed by atoms with E-state index in [1.165, 1.54) is 4.68 Å². The van der Waals surface area contributed by atoms with E-state index >= 15 is 0 Å². The molecule has 1 aromatic rings. The number of halogens is 1. The molecule has 1 rings (SSSR count). The molecule has 0 aliphatic carbocycles. The Bertz CT molecular complexity index is 237. The van der Waals surface area contributed by atoms with Crippen molar-refractivity contribution in [3.63, 3.8) is 0 Å². The minimum absolute atomic E-state index is 0.172. The summed E-state index contributed by atoms with van der Waals surface area (Å²) in [5.41, 5.74) is -0.172. The topological polar surface area (TPSA) is 50.7 Å². The molecule has 1 N–H and O–H groups in total. The van der Waals surface area contributed by atoms with E-state index in [-0.39, 0.29) is 5.69 Å². The van der Waals surface area contributed by atoms with Gasteiger partial charge in [-0.2, -0.15) is 0 Å². The highest BCUT2D eigenvalue weighted by molar-refractivity contribution is 14.1. The Balaban J connectivity index is 3.35. The SMILES string of the molecule is Cn1nc(I)[nH]c1=O. The normalized spacial score (nSPS) is 9.75. The van der Waals surface area contributed by atoms with Crippen LogP contribution in [0.2, 0.25) is 0 Å². The van der Waals surface area contributed by atoms with Gasteiger partial charge in [0.05, 0.1) is 0 Å². The molecule has 1 heterocycles. The van der Waals surface area contributed by atoms with Gasteiger partial charge in [-0.05, 0) is 0 Å². The lowest BCUT2D eigenvalue weighted by Crippen LogP contribution is -2.13. The van der Waals surface area contributed by atoms with Crippen LogP contribution in [0.5, 0.6) is 0 Å². The molecule has 0 aliphatic heterocycles. The van der Waals surface area contributed by atoms with Crippen LogP contribution in [0.4, 0.5) is 0 Å². The molecule has 0 aromatic carbocycles. The second kappa shape index (κ2) is 1.88. The van der Waals surface area contributed by atoms with Crippen LogP contribution >= 0.6 is 22.6 Å². The molecule has 0 saturated heterocycles. The van der Waals surface area contributed by atoms with E-state index in [0.29, 0.717) is 3.83 Å². The van der Waals surface area contributed by atoms with Crippen molar-refractivity contribution >= 4 is 22.6 Å². The first-order chi connectivity index (χ1) is 3.70. The molecule has 0 fully saturated rings. The van der Waals surface area contributed by atoms with Crippen LogP contribution in [-0.2, 0) is 7.05 Å². The fraction of sp³-hybridized carbons (Fsp3) is 0.333. The number of hydrogen-bond donors (Lipinski definition) is 1. The molecule has 5 heteroatoms. The number of nitrogens with zero attached hydrogens (tertiary/aromatic N) is 2. The third-order valence-corrected chi connectivity index (χ3v) is 1.23. The molecular formula is C3H4IN3O. The van der Waals surface area contributed by atoms with Gasteiger partial charge in [0.2, 0.25) is 0 Å². The Morgan fingerprint density at radius 1 is 1.88 bits per heavy atom. The van der Waals surface area contributed by atoms with Gasteiger partial charge in [0.15, 0.2) is 3.83 Å². The summed E-state index contributed by atoms with van der Waals surface area (Å²) in [7, 11) is 1.60. The summed E-state index contributed by atoms with van der Waals surface area (Å²) >= 11 is 1.94. The molecule has 1 aromatic heterocycles. The first kappa shape index (κ1) is 5.80. The molecule has 0 atom stereocenters. The van der Waals surface area contributed by atoms with Gasteiger partial charge in [0.25, 0.3) is 0 Å². The van der Waals surface area contributed by atoms with E-state index in [9.17, 15) is 4.79 Å². The average Bonchev–Trinajstić information content (AvgIpc) is 1.85. The second-order valence-electron chi connectivity index (χ2n) is 1.34. The summed E-state index contributed by atoms with van der Waals surface area (Å²) in [5.74, 6) is 0. The van der Waals surface area contributed by atoms with Crippen molar-refractivity contribution < 1.29 is 0 Å². The number of aromatic amines is 1. The molecule has 4 nitrogen and oxygen atoms in total. The highest BCUT2D eigenvalue weighted by atomic mass is 127. The summed E-state index contributed by atoms with van der Waals surface area (Å²) in [5, 5.41) is 3.75. The Morgan fingerprint density at radius 3 is 2.62 bits per heavy atom. The lowest BCUT2D eigenvalue weighted by atomic mass is 11.2. The van der Waals surface area contributed by atoms with E-state index < -0.39 is 0 Å². The molecule has 0 amide bonds. The van der Waals surface area contributed by atoms with Crippen LogP contribution in [0.3, 0.4) is 0 Å². The molecule has 0 bridgehead atoms. The van der Waals surface area contributed by atoms with E-state index in [4.69, 9.17) is 0 Å². The van der Waals surface area contributed by atoms with Crippen molar-refractivity contribution in [3.8, 4) is 0 Å². The number of aryl methyl sites for hydroxylation is 1. The van der Waals surface area contributed by atoms with E-state index in [1.807, 2.05) is 22.6 Å². The molecular weight excluding hydrogens is 221 g/mol. The van der Waals surface area contributed by atoms with Crippen LogP contribution in [0, 0.1) is 3.83 Å². The third-order valence-electron chi connectivity index (χ3n) is 0.742. The quantitative estimate of drug-likeness (QED) is 0.617.